The Morgan fingerprint density at radius 1 is 1.35 bits per heavy atom. The third-order valence-corrected chi connectivity index (χ3v) is 3.24. The Balaban J connectivity index is 2.18. The number of Topliss-reactive ketones (excluding diaryl/α,β-unsaturated/α-hetero) is 1. The lowest BCUT2D eigenvalue weighted by atomic mass is 9.93. The lowest BCUT2D eigenvalue weighted by molar-refractivity contribution is -0.118. The van der Waals surface area contributed by atoms with Crippen molar-refractivity contribution in [3.63, 3.8) is 0 Å². The van der Waals surface area contributed by atoms with E-state index in [4.69, 9.17) is 16.3 Å². The maximum Gasteiger partial charge on any atom is 0.136 e. The SMILES string of the molecule is COc1ccc(Cl)cc1CC1=CCC(=O)CC1. The van der Waals surface area contributed by atoms with Crippen LogP contribution in [-0.4, -0.2) is 12.9 Å². The molecule has 0 bridgehead atoms. The van der Waals surface area contributed by atoms with Crippen LogP contribution in [0.1, 0.15) is 24.8 Å². The van der Waals surface area contributed by atoms with Gasteiger partial charge in [-0.2, -0.15) is 0 Å². The van der Waals surface area contributed by atoms with E-state index in [9.17, 15) is 4.79 Å². The summed E-state index contributed by atoms with van der Waals surface area (Å²) in [6.07, 6.45) is 4.94. The second-order valence-electron chi connectivity index (χ2n) is 4.24. The Kier molecular flexibility index (Phi) is 3.85. The predicted molar refractivity (Wildman–Crippen MR) is 68.6 cm³/mol. The smallest absolute Gasteiger partial charge is 0.136 e. The molecule has 0 aromatic heterocycles. The highest BCUT2D eigenvalue weighted by Gasteiger charge is 2.12. The van der Waals surface area contributed by atoms with E-state index in [1.54, 1.807) is 7.11 Å². The molecular formula is C14H15ClO2. The molecule has 0 N–H and O–H groups in total. The number of benzene rings is 1. The molecule has 0 saturated carbocycles. The predicted octanol–water partition coefficient (Wildman–Crippen LogP) is 3.57. The summed E-state index contributed by atoms with van der Waals surface area (Å²) in [5.41, 5.74) is 2.38. The van der Waals surface area contributed by atoms with Gasteiger partial charge in [-0.05, 0) is 36.6 Å². The molecule has 0 atom stereocenters. The minimum atomic E-state index is 0.326. The Hall–Kier alpha value is -1.28. The van der Waals surface area contributed by atoms with Gasteiger partial charge in [0.1, 0.15) is 11.5 Å². The first-order chi connectivity index (χ1) is 8.19. The Labute approximate surface area is 106 Å². The molecule has 0 unspecified atom stereocenters. The van der Waals surface area contributed by atoms with Crippen LogP contribution in [-0.2, 0) is 11.2 Å². The third kappa shape index (κ3) is 3.10. The Morgan fingerprint density at radius 3 is 2.82 bits per heavy atom. The number of allylic oxidation sites excluding steroid dienone is 2. The van der Waals surface area contributed by atoms with Crippen LogP contribution in [0.3, 0.4) is 0 Å². The highest BCUT2D eigenvalue weighted by Crippen LogP contribution is 2.27. The molecule has 3 heteroatoms. The highest BCUT2D eigenvalue weighted by molar-refractivity contribution is 6.30. The molecule has 2 rings (SSSR count). The molecule has 0 spiro atoms. The van der Waals surface area contributed by atoms with Crippen LogP contribution < -0.4 is 4.74 Å². The minimum Gasteiger partial charge on any atom is -0.496 e. The molecule has 0 radical (unpaired) electrons. The van der Waals surface area contributed by atoms with E-state index in [-0.39, 0.29) is 0 Å². The number of ketones is 1. The monoisotopic (exact) mass is 250 g/mol. The molecule has 0 saturated heterocycles. The van der Waals surface area contributed by atoms with Crippen LogP contribution in [0.25, 0.3) is 0 Å². The highest BCUT2D eigenvalue weighted by atomic mass is 35.5. The van der Waals surface area contributed by atoms with Gasteiger partial charge in [0.2, 0.25) is 0 Å². The second kappa shape index (κ2) is 5.37. The number of methoxy groups -OCH3 is 1. The van der Waals surface area contributed by atoms with Crippen molar-refractivity contribution in [3.05, 3.63) is 40.4 Å². The summed E-state index contributed by atoms with van der Waals surface area (Å²) in [6, 6.07) is 5.63. The maximum absolute atomic E-state index is 11.1. The van der Waals surface area contributed by atoms with Gasteiger partial charge < -0.3 is 4.74 Å². The summed E-state index contributed by atoms with van der Waals surface area (Å²) in [7, 11) is 1.66. The van der Waals surface area contributed by atoms with Crippen molar-refractivity contribution < 1.29 is 9.53 Å². The summed E-state index contributed by atoms with van der Waals surface area (Å²) in [5, 5.41) is 0.716. The molecule has 1 aromatic carbocycles. The molecule has 1 aromatic rings. The molecule has 2 nitrogen and oxygen atoms in total. The molecule has 0 heterocycles. The largest absolute Gasteiger partial charge is 0.496 e. The van der Waals surface area contributed by atoms with Crippen LogP contribution in [0.4, 0.5) is 0 Å². The van der Waals surface area contributed by atoms with Gasteiger partial charge >= 0.3 is 0 Å². The van der Waals surface area contributed by atoms with Crippen molar-refractivity contribution in [2.24, 2.45) is 0 Å². The van der Waals surface area contributed by atoms with E-state index in [0.717, 1.165) is 24.2 Å². The number of halogens is 1. The maximum atomic E-state index is 11.1. The first-order valence-corrected chi connectivity index (χ1v) is 6.09. The van der Waals surface area contributed by atoms with Crippen LogP contribution >= 0.6 is 11.6 Å². The number of carbonyl (C=O) groups excluding carboxylic acids is 1. The average molecular weight is 251 g/mol. The van der Waals surface area contributed by atoms with Crippen molar-refractivity contribution in [2.75, 3.05) is 7.11 Å². The van der Waals surface area contributed by atoms with Gasteiger partial charge in [0.25, 0.3) is 0 Å². The molecule has 1 aliphatic rings. The van der Waals surface area contributed by atoms with Gasteiger partial charge in [0.15, 0.2) is 0 Å². The molecule has 0 fully saturated rings. The fraction of sp³-hybridized carbons (Fsp3) is 0.357. The number of hydrogen-bond donors (Lipinski definition) is 0. The van der Waals surface area contributed by atoms with E-state index < -0.39 is 0 Å². The van der Waals surface area contributed by atoms with E-state index in [0.29, 0.717) is 23.6 Å². The standard InChI is InChI=1S/C14H15ClO2/c1-17-14-7-4-12(15)9-11(14)8-10-2-5-13(16)6-3-10/h2,4,7,9H,3,5-6,8H2,1H3. The van der Waals surface area contributed by atoms with Gasteiger partial charge in [-0.15, -0.1) is 0 Å². The van der Waals surface area contributed by atoms with Gasteiger partial charge in [-0.1, -0.05) is 23.3 Å². The van der Waals surface area contributed by atoms with Crippen molar-refractivity contribution in [1.82, 2.24) is 0 Å². The van der Waals surface area contributed by atoms with Crippen LogP contribution in [0.2, 0.25) is 5.02 Å². The zero-order valence-electron chi connectivity index (χ0n) is 9.83. The number of hydrogen-bond acceptors (Lipinski definition) is 2. The van der Waals surface area contributed by atoms with Gasteiger partial charge in [-0.25, -0.2) is 0 Å². The van der Waals surface area contributed by atoms with Crippen LogP contribution in [0.15, 0.2) is 29.8 Å². The van der Waals surface area contributed by atoms with Crippen molar-refractivity contribution in [3.8, 4) is 5.75 Å². The molecule has 17 heavy (non-hydrogen) atoms. The number of carbonyl (C=O) groups is 1. The van der Waals surface area contributed by atoms with E-state index in [1.165, 1.54) is 5.57 Å². The normalized spacial score (nSPS) is 15.6. The van der Waals surface area contributed by atoms with Crippen molar-refractivity contribution >= 4 is 17.4 Å². The summed E-state index contributed by atoms with van der Waals surface area (Å²) in [5.74, 6) is 1.18. The first kappa shape index (κ1) is 12.2. The van der Waals surface area contributed by atoms with Gasteiger partial charge in [0, 0.05) is 17.9 Å². The lowest BCUT2D eigenvalue weighted by Gasteiger charge is -2.14. The number of rotatable bonds is 3. The van der Waals surface area contributed by atoms with E-state index >= 15 is 0 Å². The average Bonchev–Trinajstić information content (AvgIpc) is 2.32. The van der Waals surface area contributed by atoms with Crippen LogP contribution in [0, 0.1) is 0 Å². The fourth-order valence-electron chi connectivity index (χ4n) is 2.05. The van der Waals surface area contributed by atoms with Crippen molar-refractivity contribution in [1.29, 1.82) is 0 Å². The molecule has 0 aliphatic heterocycles. The summed E-state index contributed by atoms with van der Waals surface area (Å²) in [6.45, 7) is 0. The van der Waals surface area contributed by atoms with Crippen LogP contribution in [0.5, 0.6) is 5.75 Å². The molecule has 0 amide bonds. The van der Waals surface area contributed by atoms with E-state index in [2.05, 4.69) is 0 Å². The number of ether oxygens (including phenoxy) is 1. The lowest BCUT2D eigenvalue weighted by Crippen LogP contribution is -2.05. The topological polar surface area (TPSA) is 26.3 Å². The molecule has 1 aliphatic carbocycles. The van der Waals surface area contributed by atoms with Gasteiger partial charge in [0.05, 0.1) is 7.11 Å². The summed E-state index contributed by atoms with van der Waals surface area (Å²) >= 11 is 5.99. The zero-order chi connectivity index (χ0) is 12.3. The Bertz CT molecular complexity index is 463. The van der Waals surface area contributed by atoms with Gasteiger partial charge in [-0.3, -0.25) is 4.79 Å². The summed E-state index contributed by atoms with van der Waals surface area (Å²) in [4.78, 5) is 11.1. The molecular weight excluding hydrogens is 236 g/mol. The second-order valence-corrected chi connectivity index (χ2v) is 4.67. The van der Waals surface area contributed by atoms with Crippen molar-refractivity contribution in [2.45, 2.75) is 25.7 Å². The third-order valence-electron chi connectivity index (χ3n) is 3.00. The quantitative estimate of drug-likeness (QED) is 0.767. The molecule has 90 valence electrons. The minimum absolute atomic E-state index is 0.326. The first-order valence-electron chi connectivity index (χ1n) is 5.71. The summed E-state index contributed by atoms with van der Waals surface area (Å²) < 4.78 is 5.31. The fourth-order valence-corrected chi connectivity index (χ4v) is 2.25. The van der Waals surface area contributed by atoms with E-state index in [1.807, 2.05) is 24.3 Å². The zero-order valence-corrected chi connectivity index (χ0v) is 10.6. The Morgan fingerprint density at radius 2 is 2.18 bits per heavy atom.